The van der Waals surface area contributed by atoms with Crippen molar-refractivity contribution in [3.63, 3.8) is 0 Å². The Labute approximate surface area is 116 Å². The maximum absolute atomic E-state index is 11.9. The van der Waals surface area contributed by atoms with Gasteiger partial charge in [0.25, 0.3) is 0 Å². The number of phenolic OH excluding ortho intramolecular Hbond substituents is 1. The number of ketones is 1. The molecule has 0 saturated carbocycles. The molecule has 6 heteroatoms. The predicted octanol–water partition coefficient (Wildman–Crippen LogP) is 1.55. The van der Waals surface area contributed by atoms with Crippen molar-refractivity contribution >= 4 is 15.8 Å². The molecular weight excluding hydrogens is 278 g/mol. The lowest BCUT2D eigenvalue weighted by Crippen LogP contribution is -2.29. The maximum atomic E-state index is 11.9. The van der Waals surface area contributed by atoms with E-state index in [0.717, 1.165) is 0 Å². The summed E-state index contributed by atoms with van der Waals surface area (Å²) >= 11 is 0. The Balaban J connectivity index is 2.10. The molecule has 2 N–H and O–H groups in total. The molecule has 0 aromatic heterocycles. The highest BCUT2D eigenvalue weighted by atomic mass is 32.2. The van der Waals surface area contributed by atoms with E-state index in [-0.39, 0.29) is 16.2 Å². The molecule has 0 aliphatic carbocycles. The van der Waals surface area contributed by atoms with Crippen molar-refractivity contribution in [3.05, 3.63) is 60.2 Å². The van der Waals surface area contributed by atoms with E-state index in [2.05, 4.69) is 4.72 Å². The summed E-state index contributed by atoms with van der Waals surface area (Å²) in [5, 5.41) is 9.53. The Morgan fingerprint density at radius 2 is 1.60 bits per heavy atom. The molecule has 0 fully saturated rings. The molecule has 0 bridgehead atoms. The summed E-state index contributed by atoms with van der Waals surface area (Å²) in [6, 6.07) is 13.8. The first-order valence-corrected chi connectivity index (χ1v) is 7.35. The third-order valence-corrected chi connectivity index (χ3v) is 4.10. The minimum atomic E-state index is -3.73. The third-order valence-electron chi connectivity index (χ3n) is 2.68. The first-order chi connectivity index (χ1) is 9.50. The zero-order valence-corrected chi connectivity index (χ0v) is 11.3. The first-order valence-electron chi connectivity index (χ1n) is 5.86. The van der Waals surface area contributed by atoms with Gasteiger partial charge in [-0.25, -0.2) is 13.1 Å². The number of sulfonamides is 1. The highest BCUT2D eigenvalue weighted by Gasteiger charge is 2.17. The summed E-state index contributed by atoms with van der Waals surface area (Å²) in [5.74, 6) is -0.668. The molecule has 0 amide bonds. The van der Waals surface area contributed by atoms with Gasteiger partial charge in [0, 0.05) is 0 Å². The van der Waals surface area contributed by atoms with Crippen LogP contribution in [0.15, 0.2) is 59.5 Å². The lowest BCUT2D eigenvalue weighted by Gasteiger charge is -2.07. The van der Waals surface area contributed by atoms with Gasteiger partial charge in [-0.1, -0.05) is 30.3 Å². The summed E-state index contributed by atoms with van der Waals surface area (Å²) in [4.78, 5) is 11.9. The Kier molecular flexibility index (Phi) is 4.16. The van der Waals surface area contributed by atoms with Crippen molar-refractivity contribution in [2.45, 2.75) is 4.90 Å². The molecule has 5 nitrogen and oxygen atoms in total. The first kappa shape index (κ1) is 14.2. The molecular formula is C14H13NO4S. The van der Waals surface area contributed by atoms with Crippen LogP contribution in [-0.4, -0.2) is 25.9 Å². The highest BCUT2D eigenvalue weighted by Crippen LogP contribution is 2.16. The zero-order chi connectivity index (χ0) is 14.6. The quantitative estimate of drug-likeness (QED) is 0.819. The summed E-state index contributed by atoms with van der Waals surface area (Å²) in [7, 11) is -3.73. The zero-order valence-electron chi connectivity index (χ0n) is 10.5. The average Bonchev–Trinajstić information content (AvgIpc) is 2.46. The molecule has 0 radical (unpaired) electrons. The van der Waals surface area contributed by atoms with Crippen molar-refractivity contribution in [3.8, 4) is 5.75 Å². The van der Waals surface area contributed by atoms with Gasteiger partial charge in [-0.2, -0.15) is 0 Å². The van der Waals surface area contributed by atoms with Crippen LogP contribution in [0.1, 0.15) is 10.4 Å². The van der Waals surface area contributed by atoms with E-state index in [1.54, 1.807) is 30.3 Å². The molecule has 0 atom stereocenters. The number of carbonyl (C=O) groups is 1. The lowest BCUT2D eigenvalue weighted by molar-refractivity contribution is 0.0994. The van der Waals surface area contributed by atoms with Crippen molar-refractivity contribution in [2.24, 2.45) is 0 Å². The highest BCUT2D eigenvalue weighted by molar-refractivity contribution is 7.89. The largest absolute Gasteiger partial charge is 0.507 e. The van der Waals surface area contributed by atoms with E-state index in [4.69, 9.17) is 0 Å². The molecule has 0 aliphatic heterocycles. The van der Waals surface area contributed by atoms with Crippen LogP contribution in [0.2, 0.25) is 0 Å². The van der Waals surface area contributed by atoms with E-state index in [9.17, 15) is 18.3 Å². The second-order valence-corrected chi connectivity index (χ2v) is 5.84. The van der Waals surface area contributed by atoms with Gasteiger partial charge >= 0.3 is 0 Å². The smallest absolute Gasteiger partial charge is 0.240 e. The van der Waals surface area contributed by atoms with Gasteiger partial charge in [-0.15, -0.1) is 0 Å². The summed E-state index contributed by atoms with van der Waals surface area (Å²) < 4.78 is 26.1. The van der Waals surface area contributed by atoms with Crippen LogP contribution in [0.5, 0.6) is 5.75 Å². The normalized spacial score (nSPS) is 11.2. The van der Waals surface area contributed by atoms with Gasteiger partial charge in [0.1, 0.15) is 5.75 Å². The molecule has 0 aliphatic rings. The number of hydrogen-bond acceptors (Lipinski definition) is 4. The number of nitrogens with one attached hydrogen (secondary N) is 1. The second kappa shape index (κ2) is 5.85. The van der Waals surface area contributed by atoms with Gasteiger partial charge in [-0.3, -0.25) is 4.79 Å². The number of Topliss-reactive ketones (excluding diaryl/α,β-unsaturated/α-hetero) is 1. The fourth-order valence-electron chi connectivity index (χ4n) is 1.65. The molecule has 0 saturated heterocycles. The van der Waals surface area contributed by atoms with Crippen LogP contribution in [0.25, 0.3) is 0 Å². The van der Waals surface area contributed by atoms with Crippen LogP contribution in [-0.2, 0) is 10.0 Å². The Bertz CT molecular complexity index is 711. The molecule has 0 unspecified atom stereocenters. The molecule has 2 rings (SSSR count). The number of aromatic hydroxyl groups is 1. The van der Waals surface area contributed by atoms with Gasteiger partial charge in [-0.05, 0) is 24.3 Å². The fraction of sp³-hybridized carbons (Fsp3) is 0.0714. The van der Waals surface area contributed by atoms with Gasteiger partial charge < -0.3 is 5.11 Å². The Hall–Kier alpha value is -2.18. The van der Waals surface area contributed by atoms with Crippen molar-refractivity contribution < 1.29 is 18.3 Å². The van der Waals surface area contributed by atoms with Crippen LogP contribution in [0.4, 0.5) is 0 Å². The number of carbonyl (C=O) groups excluding carboxylic acids is 1. The van der Waals surface area contributed by atoms with E-state index in [0.29, 0.717) is 0 Å². The average molecular weight is 291 g/mol. The van der Waals surface area contributed by atoms with Crippen molar-refractivity contribution in [1.29, 1.82) is 0 Å². The summed E-state index contributed by atoms with van der Waals surface area (Å²) in [6.07, 6.45) is 0. The molecule has 2 aromatic rings. The molecule has 20 heavy (non-hydrogen) atoms. The SMILES string of the molecule is O=C(CNS(=O)(=O)c1ccccc1)c1ccccc1O. The minimum absolute atomic E-state index is 0.0864. The molecule has 2 aromatic carbocycles. The number of phenols is 1. The number of benzene rings is 2. The van der Waals surface area contributed by atoms with Crippen molar-refractivity contribution in [2.75, 3.05) is 6.54 Å². The number of hydrogen-bond donors (Lipinski definition) is 2. The minimum Gasteiger partial charge on any atom is -0.507 e. The number of para-hydroxylation sites is 1. The topological polar surface area (TPSA) is 83.5 Å². The monoisotopic (exact) mass is 291 g/mol. The predicted molar refractivity (Wildman–Crippen MR) is 74.1 cm³/mol. The van der Waals surface area contributed by atoms with Crippen molar-refractivity contribution in [1.82, 2.24) is 4.72 Å². The molecule has 0 spiro atoms. The maximum Gasteiger partial charge on any atom is 0.240 e. The van der Waals surface area contributed by atoms with Gasteiger partial charge in [0.05, 0.1) is 17.0 Å². The standard InChI is InChI=1S/C14H13NO4S/c16-13-9-5-4-8-12(13)14(17)10-15-20(18,19)11-6-2-1-3-7-11/h1-9,15-16H,10H2. The fourth-order valence-corrected chi connectivity index (χ4v) is 2.65. The third kappa shape index (κ3) is 3.23. The van der Waals surface area contributed by atoms with Crippen LogP contribution in [0.3, 0.4) is 0 Å². The van der Waals surface area contributed by atoms with Gasteiger partial charge in [0.15, 0.2) is 5.78 Å². The summed E-state index contributed by atoms with van der Waals surface area (Å²) in [5.41, 5.74) is 0.0864. The van der Waals surface area contributed by atoms with E-state index in [1.807, 2.05) is 0 Å². The molecule has 0 heterocycles. The second-order valence-electron chi connectivity index (χ2n) is 4.08. The molecule has 104 valence electrons. The van der Waals surface area contributed by atoms with Crippen LogP contribution < -0.4 is 4.72 Å². The lowest BCUT2D eigenvalue weighted by atomic mass is 10.1. The van der Waals surface area contributed by atoms with Gasteiger partial charge in [0.2, 0.25) is 10.0 Å². The number of rotatable bonds is 5. The van der Waals surface area contributed by atoms with E-state index >= 15 is 0 Å². The van der Waals surface area contributed by atoms with Crippen LogP contribution >= 0.6 is 0 Å². The van der Waals surface area contributed by atoms with E-state index < -0.39 is 22.4 Å². The van der Waals surface area contributed by atoms with E-state index in [1.165, 1.54) is 24.3 Å². The van der Waals surface area contributed by atoms with Crippen LogP contribution in [0, 0.1) is 0 Å². The Morgan fingerprint density at radius 3 is 2.25 bits per heavy atom. The Morgan fingerprint density at radius 1 is 1.00 bits per heavy atom. The summed E-state index contributed by atoms with van der Waals surface area (Å²) in [6.45, 7) is -0.408.